The number of halogens is 3. The van der Waals surface area contributed by atoms with Crippen LogP contribution in [-0.4, -0.2) is 37.9 Å². The van der Waals surface area contributed by atoms with Gasteiger partial charge in [0.1, 0.15) is 4.90 Å². The van der Waals surface area contributed by atoms with Gasteiger partial charge in [-0.15, -0.1) is 0 Å². The Morgan fingerprint density at radius 2 is 1.90 bits per heavy atom. The van der Waals surface area contributed by atoms with Crippen molar-refractivity contribution in [3.8, 4) is 5.82 Å². The summed E-state index contributed by atoms with van der Waals surface area (Å²) in [5, 5.41) is 8.78. The number of sulfonamides is 1. The quantitative estimate of drug-likeness (QED) is 0.500. The zero-order valence-electron chi connectivity index (χ0n) is 16.3. The SMILES string of the molecule is CCc1ccc2cnn(C)c2c1NS(=O)(=O)c1cnn(-c2ccnc(C(F)(F)F)n2)c1. The number of nitrogens with zero attached hydrogens (tertiary/aromatic N) is 6. The molecule has 162 valence electrons. The van der Waals surface area contributed by atoms with Crippen LogP contribution in [0.3, 0.4) is 0 Å². The van der Waals surface area contributed by atoms with Crippen LogP contribution in [0.4, 0.5) is 18.9 Å². The summed E-state index contributed by atoms with van der Waals surface area (Å²) in [5.74, 6) is -1.56. The van der Waals surface area contributed by atoms with E-state index < -0.39 is 22.0 Å². The van der Waals surface area contributed by atoms with Gasteiger partial charge in [-0.2, -0.15) is 23.4 Å². The minimum Gasteiger partial charge on any atom is -0.277 e. The summed E-state index contributed by atoms with van der Waals surface area (Å²) in [6, 6.07) is 4.85. The van der Waals surface area contributed by atoms with Crippen molar-refractivity contribution in [2.45, 2.75) is 24.4 Å². The molecule has 3 heterocycles. The number of aromatic nitrogens is 6. The van der Waals surface area contributed by atoms with E-state index in [-0.39, 0.29) is 10.7 Å². The molecule has 31 heavy (non-hydrogen) atoms. The molecule has 3 aromatic heterocycles. The van der Waals surface area contributed by atoms with Gasteiger partial charge < -0.3 is 0 Å². The first-order valence-electron chi connectivity index (χ1n) is 9.02. The molecule has 0 atom stereocenters. The summed E-state index contributed by atoms with van der Waals surface area (Å²) in [7, 11) is -2.40. The smallest absolute Gasteiger partial charge is 0.277 e. The highest BCUT2D eigenvalue weighted by Gasteiger charge is 2.35. The predicted molar refractivity (Wildman–Crippen MR) is 105 cm³/mol. The lowest BCUT2D eigenvalue weighted by molar-refractivity contribution is -0.145. The lowest BCUT2D eigenvalue weighted by atomic mass is 10.1. The first kappa shape index (κ1) is 20.8. The minimum absolute atomic E-state index is 0.216. The lowest BCUT2D eigenvalue weighted by Crippen LogP contribution is -2.15. The Morgan fingerprint density at radius 3 is 2.61 bits per heavy atom. The van der Waals surface area contributed by atoms with Crippen LogP contribution < -0.4 is 4.72 Å². The van der Waals surface area contributed by atoms with E-state index >= 15 is 0 Å². The first-order valence-corrected chi connectivity index (χ1v) is 10.5. The Balaban J connectivity index is 1.72. The number of fused-ring (bicyclic) bond motifs is 1. The average molecular weight is 451 g/mol. The average Bonchev–Trinajstić information content (AvgIpc) is 3.36. The van der Waals surface area contributed by atoms with Gasteiger partial charge in [-0.05, 0) is 12.0 Å². The second-order valence-electron chi connectivity index (χ2n) is 6.62. The Kier molecular flexibility index (Phi) is 4.92. The maximum Gasteiger partial charge on any atom is 0.451 e. The summed E-state index contributed by atoms with van der Waals surface area (Å²) in [4.78, 5) is 6.35. The predicted octanol–water partition coefficient (Wildman–Crippen LogP) is 2.93. The highest BCUT2D eigenvalue weighted by molar-refractivity contribution is 7.92. The summed E-state index contributed by atoms with van der Waals surface area (Å²) >= 11 is 0. The molecule has 1 aromatic carbocycles. The fourth-order valence-electron chi connectivity index (χ4n) is 3.09. The molecule has 9 nitrogen and oxygen atoms in total. The third-order valence-corrected chi connectivity index (χ3v) is 5.91. The van der Waals surface area contributed by atoms with Crippen LogP contribution >= 0.6 is 0 Å². The zero-order chi connectivity index (χ0) is 22.4. The van der Waals surface area contributed by atoms with Crippen molar-refractivity contribution in [3.05, 3.63) is 54.4 Å². The fraction of sp³-hybridized carbons (Fsp3) is 0.222. The second-order valence-corrected chi connectivity index (χ2v) is 8.30. The third-order valence-electron chi connectivity index (χ3n) is 4.60. The number of hydrogen-bond donors (Lipinski definition) is 1. The van der Waals surface area contributed by atoms with E-state index in [0.717, 1.165) is 34.2 Å². The van der Waals surface area contributed by atoms with Gasteiger partial charge in [0, 0.05) is 24.7 Å². The van der Waals surface area contributed by atoms with Crippen molar-refractivity contribution in [3.63, 3.8) is 0 Å². The zero-order valence-corrected chi connectivity index (χ0v) is 17.1. The molecular formula is C18H16F3N7O2S. The molecule has 0 bridgehead atoms. The van der Waals surface area contributed by atoms with Gasteiger partial charge in [0.05, 0.1) is 29.8 Å². The highest BCUT2D eigenvalue weighted by atomic mass is 32.2. The van der Waals surface area contributed by atoms with Gasteiger partial charge in [0.15, 0.2) is 5.82 Å². The molecule has 0 spiro atoms. The van der Waals surface area contributed by atoms with Crippen molar-refractivity contribution < 1.29 is 21.6 Å². The number of anilines is 1. The van der Waals surface area contributed by atoms with Crippen molar-refractivity contribution in [2.24, 2.45) is 7.05 Å². The molecular weight excluding hydrogens is 435 g/mol. The summed E-state index contributed by atoms with van der Waals surface area (Å²) < 4.78 is 69.7. The van der Waals surface area contributed by atoms with E-state index in [1.54, 1.807) is 17.9 Å². The molecule has 13 heteroatoms. The Labute approximate surface area is 174 Å². The Bertz CT molecular complexity index is 1380. The number of hydrogen-bond acceptors (Lipinski definition) is 6. The monoisotopic (exact) mass is 451 g/mol. The van der Waals surface area contributed by atoms with Crippen molar-refractivity contribution in [1.29, 1.82) is 0 Å². The van der Waals surface area contributed by atoms with Crippen molar-refractivity contribution >= 4 is 26.6 Å². The van der Waals surface area contributed by atoms with E-state index in [1.807, 2.05) is 19.1 Å². The molecule has 0 radical (unpaired) electrons. The largest absolute Gasteiger partial charge is 0.451 e. The first-order chi connectivity index (χ1) is 14.6. The number of aryl methyl sites for hydroxylation is 2. The van der Waals surface area contributed by atoms with E-state index in [2.05, 4.69) is 24.9 Å². The second kappa shape index (κ2) is 7.34. The number of benzene rings is 1. The molecule has 0 aliphatic heterocycles. The maximum absolute atomic E-state index is 13.0. The van der Waals surface area contributed by atoms with Crippen LogP contribution in [-0.2, 0) is 29.7 Å². The van der Waals surface area contributed by atoms with Gasteiger partial charge in [-0.1, -0.05) is 19.1 Å². The minimum atomic E-state index is -4.74. The molecule has 0 fully saturated rings. The molecule has 0 saturated heterocycles. The molecule has 0 aliphatic rings. The van der Waals surface area contributed by atoms with E-state index in [1.165, 1.54) is 6.07 Å². The molecule has 0 amide bonds. The molecule has 0 saturated carbocycles. The van der Waals surface area contributed by atoms with Crippen LogP contribution in [0, 0.1) is 0 Å². The maximum atomic E-state index is 13.0. The third kappa shape index (κ3) is 3.83. The topological polar surface area (TPSA) is 108 Å². The molecule has 1 N–H and O–H groups in total. The van der Waals surface area contributed by atoms with Crippen molar-refractivity contribution in [1.82, 2.24) is 29.5 Å². The summed E-state index contributed by atoms with van der Waals surface area (Å²) in [6.45, 7) is 1.89. The van der Waals surface area contributed by atoms with Gasteiger partial charge >= 0.3 is 6.18 Å². The fourth-order valence-corrected chi connectivity index (χ4v) is 4.13. The van der Waals surface area contributed by atoms with Crippen LogP contribution in [0.2, 0.25) is 0 Å². The van der Waals surface area contributed by atoms with Crippen molar-refractivity contribution in [2.75, 3.05) is 4.72 Å². The highest BCUT2D eigenvalue weighted by Crippen LogP contribution is 2.30. The summed E-state index contributed by atoms with van der Waals surface area (Å²) in [5.41, 5.74) is 1.76. The van der Waals surface area contributed by atoms with Gasteiger partial charge in [-0.25, -0.2) is 23.1 Å². The van der Waals surface area contributed by atoms with Gasteiger partial charge in [0.2, 0.25) is 5.82 Å². The van der Waals surface area contributed by atoms with Gasteiger partial charge in [0.25, 0.3) is 10.0 Å². The van der Waals surface area contributed by atoms with Crippen LogP contribution in [0.1, 0.15) is 18.3 Å². The van der Waals surface area contributed by atoms with Crippen LogP contribution in [0.15, 0.2) is 47.9 Å². The number of rotatable bonds is 5. The molecule has 4 rings (SSSR count). The normalized spacial score (nSPS) is 12.4. The Morgan fingerprint density at radius 1 is 1.13 bits per heavy atom. The van der Waals surface area contributed by atoms with E-state index in [9.17, 15) is 21.6 Å². The van der Waals surface area contributed by atoms with E-state index in [0.29, 0.717) is 17.6 Å². The number of alkyl halides is 3. The standard InChI is InChI=1S/C18H16F3N7O2S/c1-3-11-4-5-12-8-23-27(2)16(12)15(11)26-31(29,30)13-9-24-28(10-13)14-6-7-22-17(25-14)18(19,20)21/h4-10,26H,3H2,1-2H3. The molecule has 4 aromatic rings. The van der Waals surface area contributed by atoms with Crippen LogP contribution in [0.25, 0.3) is 16.7 Å². The van der Waals surface area contributed by atoms with E-state index in [4.69, 9.17) is 0 Å². The Hall–Kier alpha value is -3.48. The number of nitrogens with one attached hydrogen (secondary N) is 1. The molecule has 0 unspecified atom stereocenters. The summed E-state index contributed by atoms with van der Waals surface area (Å²) in [6.07, 6.45) is 0.498. The van der Waals surface area contributed by atoms with Gasteiger partial charge in [-0.3, -0.25) is 9.40 Å². The molecule has 0 aliphatic carbocycles. The van der Waals surface area contributed by atoms with Crippen LogP contribution in [0.5, 0.6) is 0 Å². The lowest BCUT2D eigenvalue weighted by Gasteiger charge is -2.13.